The van der Waals surface area contributed by atoms with Crippen LogP contribution in [0.4, 0.5) is 0 Å². The van der Waals surface area contributed by atoms with E-state index in [1.807, 2.05) is 0 Å². The van der Waals surface area contributed by atoms with Gasteiger partial charge in [0.05, 0.1) is 0 Å². The van der Waals surface area contributed by atoms with Gasteiger partial charge in [-0.05, 0) is 18.2 Å². The number of rotatable bonds is 5. The zero-order chi connectivity index (χ0) is 14.6. The van der Waals surface area contributed by atoms with Crippen molar-refractivity contribution in [1.82, 2.24) is 4.90 Å². The van der Waals surface area contributed by atoms with Gasteiger partial charge in [0.25, 0.3) is 5.91 Å². The Morgan fingerprint density at radius 3 is 2.05 bits per heavy atom. The second-order valence-corrected chi connectivity index (χ2v) is 5.10. The smallest absolute Gasteiger partial charge is 0.254 e. The Balaban J connectivity index is 3.03. The van der Waals surface area contributed by atoms with Crippen LogP contribution in [-0.2, 0) is 9.59 Å². The van der Waals surface area contributed by atoms with Crippen LogP contribution in [0.2, 0.25) is 5.02 Å². The highest BCUT2D eigenvalue weighted by molar-refractivity contribution is 9.10. The number of nitrogens with two attached hydrogens (primary N) is 2. The number of nitrogens with zero attached hydrogens (tertiary/aromatic N) is 1. The van der Waals surface area contributed by atoms with Crippen LogP contribution < -0.4 is 11.5 Å². The van der Waals surface area contributed by atoms with Gasteiger partial charge in [0.1, 0.15) is 13.1 Å². The summed E-state index contributed by atoms with van der Waals surface area (Å²) >= 11 is 9.02. The lowest BCUT2D eigenvalue weighted by molar-refractivity contribution is -0.121. The summed E-state index contributed by atoms with van der Waals surface area (Å²) < 4.78 is 0.599. The predicted molar refractivity (Wildman–Crippen MR) is 73.4 cm³/mol. The highest BCUT2D eigenvalue weighted by Gasteiger charge is 2.20. The van der Waals surface area contributed by atoms with Crippen molar-refractivity contribution < 1.29 is 14.4 Å². The van der Waals surface area contributed by atoms with E-state index in [2.05, 4.69) is 15.9 Å². The van der Waals surface area contributed by atoms with E-state index in [4.69, 9.17) is 23.1 Å². The first-order valence-corrected chi connectivity index (χ1v) is 6.28. The highest BCUT2D eigenvalue weighted by Crippen LogP contribution is 2.20. The second kappa shape index (κ2) is 6.53. The SMILES string of the molecule is NC(=O)CN(CC(N)=O)C(=O)c1cc(Cl)cc(Br)c1. The predicted octanol–water partition coefficient (Wildman–Crippen LogP) is 0.515. The van der Waals surface area contributed by atoms with E-state index in [1.54, 1.807) is 6.07 Å². The average molecular weight is 349 g/mol. The summed E-state index contributed by atoms with van der Waals surface area (Å²) in [6.07, 6.45) is 0. The molecule has 19 heavy (non-hydrogen) atoms. The van der Waals surface area contributed by atoms with Crippen LogP contribution in [0.25, 0.3) is 0 Å². The quantitative estimate of drug-likeness (QED) is 0.810. The minimum Gasteiger partial charge on any atom is -0.368 e. The average Bonchev–Trinajstić information content (AvgIpc) is 2.24. The van der Waals surface area contributed by atoms with Crippen LogP contribution in [-0.4, -0.2) is 35.7 Å². The largest absolute Gasteiger partial charge is 0.368 e. The lowest BCUT2D eigenvalue weighted by Gasteiger charge is -2.19. The molecule has 0 bridgehead atoms. The first kappa shape index (κ1) is 15.5. The molecule has 6 nitrogen and oxygen atoms in total. The maximum Gasteiger partial charge on any atom is 0.254 e. The van der Waals surface area contributed by atoms with Crippen molar-refractivity contribution in [3.8, 4) is 0 Å². The number of carbonyl (C=O) groups excluding carboxylic acids is 3. The molecular weight excluding hydrogens is 337 g/mol. The van der Waals surface area contributed by atoms with E-state index in [0.29, 0.717) is 9.50 Å². The van der Waals surface area contributed by atoms with Gasteiger partial charge in [0, 0.05) is 15.1 Å². The molecule has 0 heterocycles. The van der Waals surface area contributed by atoms with E-state index in [9.17, 15) is 14.4 Å². The van der Waals surface area contributed by atoms with Crippen molar-refractivity contribution in [3.05, 3.63) is 33.3 Å². The Hall–Kier alpha value is -1.60. The zero-order valence-corrected chi connectivity index (χ0v) is 12.1. The normalized spacial score (nSPS) is 10.0. The molecule has 0 aliphatic heterocycles. The molecule has 1 aromatic rings. The number of hydrogen-bond donors (Lipinski definition) is 2. The summed E-state index contributed by atoms with van der Waals surface area (Å²) in [5.74, 6) is -2.04. The summed E-state index contributed by atoms with van der Waals surface area (Å²) in [6, 6.07) is 4.54. The van der Waals surface area contributed by atoms with Crippen molar-refractivity contribution >= 4 is 45.3 Å². The van der Waals surface area contributed by atoms with Gasteiger partial charge in [-0.3, -0.25) is 14.4 Å². The Morgan fingerprint density at radius 1 is 1.11 bits per heavy atom. The molecule has 0 saturated carbocycles. The summed E-state index contributed by atoms with van der Waals surface area (Å²) in [5.41, 5.74) is 10.3. The van der Waals surface area contributed by atoms with Gasteiger partial charge in [-0.15, -0.1) is 0 Å². The van der Waals surface area contributed by atoms with Crippen LogP contribution in [0.5, 0.6) is 0 Å². The highest BCUT2D eigenvalue weighted by atomic mass is 79.9. The van der Waals surface area contributed by atoms with Crippen LogP contribution in [0, 0.1) is 0 Å². The zero-order valence-electron chi connectivity index (χ0n) is 9.73. The monoisotopic (exact) mass is 347 g/mol. The van der Waals surface area contributed by atoms with Crippen molar-refractivity contribution in [2.75, 3.05) is 13.1 Å². The van der Waals surface area contributed by atoms with E-state index in [-0.39, 0.29) is 5.56 Å². The molecule has 0 fully saturated rings. The first-order valence-electron chi connectivity index (χ1n) is 5.11. The van der Waals surface area contributed by atoms with Gasteiger partial charge < -0.3 is 16.4 Å². The summed E-state index contributed by atoms with van der Waals surface area (Å²) in [5, 5.41) is 0.343. The van der Waals surface area contributed by atoms with Crippen LogP contribution in [0.15, 0.2) is 22.7 Å². The molecular formula is C11H11BrClN3O3. The number of hydrogen-bond acceptors (Lipinski definition) is 3. The third kappa shape index (κ3) is 4.88. The molecule has 3 amide bonds. The third-order valence-electron chi connectivity index (χ3n) is 2.09. The standard InChI is InChI=1S/C11H11BrClN3O3/c12-7-1-6(2-8(13)3-7)11(19)16(4-9(14)17)5-10(15)18/h1-3H,4-5H2,(H2,14,17)(H2,15,18). The molecule has 0 aliphatic carbocycles. The number of primary amides is 2. The maximum atomic E-state index is 12.2. The number of carbonyl (C=O) groups is 3. The molecule has 0 aromatic heterocycles. The Kier molecular flexibility index (Phi) is 5.31. The van der Waals surface area contributed by atoms with Crippen molar-refractivity contribution in [3.63, 3.8) is 0 Å². The number of amides is 3. The van der Waals surface area contributed by atoms with Crippen molar-refractivity contribution in [2.24, 2.45) is 11.5 Å². The van der Waals surface area contributed by atoms with Crippen molar-refractivity contribution in [2.45, 2.75) is 0 Å². The molecule has 4 N–H and O–H groups in total. The van der Waals surface area contributed by atoms with Crippen LogP contribution in [0.1, 0.15) is 10.4 Å². The molecule has 0 atom stereocenters. The van der Waals surface area contributed by atoms with Crippen molar-refractivity contribution in [1.29, 1.82) is 0 Å². The first-order chi connectivity index (χ1) is 8.79. The molecule has 0 aliphatic rings. The van der Waals surface area contributed by atoms with Gasteiger partial charge >= 0.3 is 0 Å². The topological polar surface area (TPSA) is 106 Å². The minimum atomic E-state index is -0.740. The van der Waals surface area contributed by atoms with E-state index in [1.165, 1.54) is 12.1 Å². The summed E-state index contributed by atoms with van der Waals surface area (Å²) in [4.78, 5) is 34.9. The van der Waals surface area contributed by atoms with Gasteiger partial charge in [-0.1, -0.05) is 27.5 Å². The van der Waals surface area contributed by atoms with E-state index in [0.717, 1.165) is 4.90 Å². The molecule has 0 spiro atoms. The fraction of sp³-hybridized carbons (Fsp3) is 0.182. The third-order valence-corrected chi connectivity index (χ3v) is 2.77. The molecule has 0 unspecified atom stereocenters. The molecule has 102 valence electrons. The molecule has 0 radical (unpaired) electrons. The lowest BCUT2D eigenvalue weighted by atomic mass is 10.2. The summed E-state index contributed by atoms with van der Waals surface area (Å²) in [7, 11) is 0. The molecule has 0 saturated heterocycles. The van der Waals surface area contributed by atoms with E-state index < -0.39 is 30.8 Å². The van der Waals surface area contributed by atoms with Gasteiger partial charge in [-0.25, -0.2) is 0 Å². The van der Waals surface area contributed by atoms with Gasteiger partial charge in [0.15, 0.2) is 0 Å². The van der Waals surface area contributed by atoms with Gasteiger partial charge in [0.2, 0.25) is 11.8 Å². The molecule has 8 heteroatoms. The van der Waals surface area contributed by atoms with Crippen LogP contribution >= 0.6 is 27.5 Å². The summed E-state index contributed by atoms with van der Waals surface area (Å²) in [6.45, 7) is -0.794. The van der Waals surface area contributed by atoms with Gasteiger partial charge in [-0.2, -0.15) is 0 Å². The minimum absolute atomic E-state index is 0.224. The van der Waals surface area contributed by atoms with Crippen LogP contribution in [0.3, 0.4) is 0 Å². The number of halogens is 2. The number of benzene rings is 1. The molecule has 1 rings (SSSR count). The lowest BCUT2D eigenvalue weighted by Crippen LogP contribution is -2.43. The fourth-order valence-corrected chi connectivity index (χ4v) is 2.30. The fourth-order valence-electron chi connectivity index (χ4n) is 1.44. The maximum absolute atomic E-state index is 12.2. The molecule has 1 aromatic carbocycles. The Morgan fingerprint density at radius 2 is 1.63 bits per heavy atom. The Bertz CT molecular complexity index is 500. The second-order valence-electron chi connectivity index (χ2n) is 3.75. The Labute approximate surface area is 122 Å². The van der Waals surface area contributed by atoms with E-state index >= 15 is 0 Å².